The van der Waals surface area contributed by atoms with Crippen LogP contribution in [0.2, 0.25) is 0 Å². The first-order valence-electron chi connectivity index (χ1n) is 7.28. The number of nitrogens with zero attached hydrogens (tertiary/aromatic N) is 1. The summed E-state index contributed by atoms with van der Waals surface area (Å²) in [5.74, 6) is 0.512. The number of nitrogens with two attached hydrogens (primary N) is 1. The Morgan fingerprint density at radius 3 is 2.75 bits per heavy atom. The summed E-state index contributed by atoms with van der Waals surface area (Å²) < 4.78 is 27.0. The van der Waals surface area contributed by atoms with Crippen molar-refractivity contribution in [2.24, 2.45) is 11.7 Å². The van der Waals surface area contributed by atoms with Crippen molar-refractivity contribution in [2.45, 2.75) is 44.6 Å². The molecule has 1 aromatic carbocycles. The molecule has 1 aromatic rings. The number of benzene rings is 1. The summed E-state index contributed by atoms with van der Waals surface area (Å²) in [7, 11) is -3.35. The second-order valence-electron chi connectivity index (χ2n) is 5.61. The van der Waals surface area contributed by atoms with E-state index < -0.39 is 10.0 Å². The molecule has 112 valence electrons. The molecule has 20 heavy (non-hydrogen) atoms. The van der Waals surface area contributed by atoms with E-state index in [4.69, 9.17) is 5.73 Å². The van der Waals surface area contributed by atoms with Gasteiger partial charge in [-0.15, -0.1) is 0 Å². The summed E-state index contributed by atoms with van der Waals surface area (Å²) in [6, 6.07) is 5.37. The third kappa shape index (κ3) is 3.05. The first kappa shape index (κ1) is 15.5. The number of rotatable bonds is 5. The SMILES string of the molecule is CCCC1CCN(S(=O)(=O)c2ccc(CN)cc2C)C1. The number of hydrogen-bond acceptors (Lipinski definition) is 3. The lowest BCUT2D eigenvalue weighted by molar-refractivity contribution is 0.444. The van der Waals surface area contributed by atoms with Crippen molar-refractivity contribution in [1.82, 2.24) is 4.31 Å². The molecule has 0 aliphatic carbocycles. The summed E-state index contributed by atoms with van der Waals surface area (Å²) in [6.07, 6.45) is 3.20. The van der Waals surface area contributed by atoms with Crippen LogP contribution in [0.3, 0.4) is 0 Å². The molecular weight excluding hydrogens is 272 g/mol. The van der Waals surface area contributed by atoms with Gasteiger partial charge in [-0.2, -0.15) is 4.31 Å². The largest absolute Gasteiger partial charge is 0.326 e. The molecule has 1 atom stereocenters. The molecule has 4 nitrogen and oxygen atoms in total. The second kappa shape index (κ2) is 6.24. The van der Waals surface area contributed by atoms with Gasteiger partial charge in [0.25, 0.3) is 0 Å². The summed E-state index contributed by atoms with van der Waals surface area (Å²) in [5, 5.41) is 0. The average Bonchev–Trinajstić information content (AvgIpc) is 2.88. The molecule has 1 aliphatic heterocycles. The van der Waals surface area contributed by atoms with Crippen molar-refractivity contribution in [3.63, 3.8) is 0 Å². The zero-order chi connectivity index (χ0) is 14.8. The molecule has 1 saturated heterocycles. The van der Waals surface area contributed by atoms with E-state index in [2.05, 4.69) is 6.92 Å². The molecule has 5 heteroatoms. The number of hydrogen-bond donors (Lipinski definition) is 1. The molecule has 0 aromatic heterocycles. The Balaban J connectivity index is 2.23. The molecule has 0 radical (unpaired) electrons. The standard InChI is InChI=1S/C15H24N2O2S/c1-3-4-13-7-8-17(11-13)20(18,19)15-6-5-14(10-16)9-12(15)2/h5-6,9,13H,3-4,7-8,10-11,16H2,1-2H3. The van der Waals surface area contributed by atoms with Gasteiger partial charge in [-0.1, -0.05) is 25.5 Å². The van der Waals surface area contributed by atoms with E-state index in [9.17, 15) is 8.42 Å². The lowest BCUT2D eigenvalue weighted by Gasteiger charge is -2.18. The molecule has 2 rings (SSSR count). The van der Waals surface area contributed by atoms with E-state index in [0.29, 0.717) is 30.4 Å². The highest BCUT2D eigenvalue weighted by Gasteiger charge is 2.32. The van der Waals surface area contributed by atoms with Gasteiger partial charge in [0.2, 0.25) is 10.0 Å². The van der Waals surface area contributed by atoms with Crippen molar-refractivity contribution in [2.75, 3.05) is 13.1 Å². The van der Waals surface area contributed by atoms with Gasteiger partial charge in [0.1, 0.15) is 0 Å². The Morgan fingerprint density at radius 2 is 2.15 bits per heavy atom. The molecule has 1 fully saturated rings. The molecule has 0 bridgehead atoms. The van der Waals surface area contributed by atoms with Crippen LogP contribution in [0.4, 0.5) is 0 Å². The van der Waals surface area contributed by atoms with Crippen LogP contribution in [-0.2, 0) is 16.6 Å². The minimum atomic E-state index is -3.35. The first-order chi connectivity index (χ1) is 9.48. The maximum absolute atomic E-state index is 12.7. The van der Waals surface area contributed by atoms with Crippen LogP contribution in [0.5, 0.6) is 0 Å². The van der Waals surface area contributed by atoms with E-state index in [1.165, 1.54) is 0 Å². The van der Waals surface area contributed by atoms with E-state index in [-0.39, 0.29) is 0 Å². The summed E-state index contributed by atoms with van der Waals surface area (Å²) >= 11 is 0. The van der Waals surface area contributed by atoms with Crippen LogP contribution in [0.15, 0.2) is 23.1 Å². The summed E-state index contributed by atoms with van der Waals surface area (Å²) in [5.41, 5.74) is 7.34. The van der Waals surface area contributed by atoms with Gasteiger partial charge < -0.3 is 5.73 Å². The molecule has 0 amide bonds. The third-order valence-electron chi connectivity index (χ3n) is 4.04. The topological polar surface area (TPSA) is 63.4 Å². The molecular formula is C15H24N2O2S. The van der Waals surface area contributed by atoms with Crippen LogP contribution in [-0.4, -0.2) is 25.8 Å². The van der Waals surface area contributed by atoms with Gasteiger partial charge in [-0.3, -0.25) is 0 Å². The molecule has 0 spiro atoms. The molecule has 1 aliphatic rings. The van der Waals surface area contributed by atoms with E-state index in [1.807, 2.05) is 13.0 Å². The fraction of sp³-hybridized carbons (Fsp3) is 0.600. The van der Waals surface area contributed by atoms with E-state index in [0.717, 1.165) is 30.4 Å². The fourth-order valence-electron chi connectivity index (χ4n) is 2.93. The highest BCUT2D eigenvalue weighted by molar-refractivity contribution is 7.89. The zero-order valence-electron chi connectivity index (χ0n) is 12.3. The van der Waals surface area contributed by atoms with Crippen molar-refractivity contribution in [1.29, 1.82) is 0 Å². The van der Waals surface area contributed by atoms with Crippen LogP contribution in [0, 0.1) is 12.8 Å². The lowest BCUT2D eigenvalue weighted by Crippen LogP contribution is -2.29. The molecule has 2 N–H and O–H groups in total. The van der Waals surface area contributed by atoms with Gasteiger partial charge in [0.15, 0.2) is 0 Å². The van der Waals surface area contributed by atoms with Gasteiger partial charge in [0, 0.05) is 19.6 Å². The Kier molecular flexibility index (Phi) is 4.83. The van der Waals surface area contributed by atoms with Crippen molar-refractivity contribution < 1.29 is 8.42 Å². The number of sulfonamides is 1. The Morgan fingerprint density at radius 1 is 1.40 bits per heavy atom. The Labute approximate surface area is 122 Å². The normalized spacial score (nSPS) is 20.4. The average molecular weight is 296 g/mol. The van der Waals surface area contributed by atoms with Crippen LogP contribution >= 0.6 is 0 Å². The highest BCUT2D eigenvalue weighted by Crippen LogP contribution is 2.28. The quantitative estimate of drug-likeness (QED) is 0.906. The summed E-state index contributed by atoms with van der Waals surface area (Å²) in [6.45, 7) is 5.72. The first-order valence-corrected chi connectivity index (χ1v) is 8.72. The monoisotopic (exact) mass is 296 g/mol. The van der Waals surface area contributed by atoms with Crippen molar-refractivity contribution in [3.05, 3.63) is 29.3 Å². The van der Waals surface area contributed by atoms with E-state index in [1.54, 1.807) is 16.4 Å². The molecule has 0 saturated carbocycles. The van der Waals surface area contributed by atoms with Gasteiger partial charge in [-0.25, -0.2) is 8.42 Å². The third-order valence-corrected chi connectivity index (χ3v) is 6.06. The molecule has 1 unspecified atom stereocenters. The highest BCUT2D eigenvalue weighted by atomic mass is 32.2. The molecule has 1 heterocycles. The van der Waals surface area contributed by atoms with Crippen LogP contribution < -0.4 is 5.73 Å². The predicted molar refractivity (Wildman–Crippen MR) is 80.8 cm³/mol. The van der Waals surface area contributed by atoms with Crippen LogP contribution in [0.1, 0.15) is 37.3 Å². The van der Waals surface area contributed by atoms with Crippen LogP contribution in [0.25, 0.3) is 0 Å². The maximum Gasteiger partial charge on any atom is 0.243 e. The smallest absolute Gasteiger partial charge is 0.243 e. The maximum atomic E-state index is 12.7. The zero-order valence-corrected chi connectivity index (χ0v) is 13.1. The minimum Gasteiger partial charge on any atom is -0.326 e. The Bertz CT molecular complexity index is 569. The van der Waals surface area contributed by atoms with Gasteiger partial charge >= 0.3 is 0 Å². The van der Waals surface area contributed by atoms with Crippen molar-refractivity contribution >= 4 is 10.0 Å². The Hall–Kier alpha value is -0.910. The predicted octanol–water partition coefficient (Wildman–Crippen LogP) is 2.26. The fourth-order valence-corrected chi connectivity index (χ4v) is 4.66. The number of aryl methyl sites for hydroxylation is 1. The summed E-state index contributed by atoms with van der Waals surface area (Å²) in [4.78, 5) is 0.423. The van der Waals surface area contributed by atoms with Gasteiger partial charge in [0.05, 0.1) is 4.90 Å². The van der Waals surface area contributed by atoms with Gasteiger partial charge in [-0.05, 0) is 42.9 Å². The van der Waals surface area contributed by atoms with E-state index >= 15 is 0 Å². The minimum absolute atomic E-state index is 0.423. The van der Waals surface area contributed by atoms with Crippen molar-refractivity contribution in [3.8, 4) is 0 Å². The lowest BCUT2D eigenvalue weighted by atomic mass is 10.0. The second-order valence-corrected chi connectivity index (χ2v) is 7.52.